The number of ether oxygens (including phenoxy) is 4. The number of unbranched alkanes of at least 4 members (excludes halogenated alkanes) is 16. The van der Waals surface area contributed by atoms with Gasteiger partial charge in [-0.1, -0.05) is 280 Å². The van der Waals surface area contributed by atoms with Crippen LogP contribution in [0.2, 0.25) is 0 Å². The van der Waals surface area contributed by atoms with Gasteiger partial charge in [-0.25, -0.2) is 9.13 Å². The standard InChI is InChI=1S/C89H142O17P2/c1-5-9-13-17-21-25-29-33-37-40-41-44-47-50-54-58-62-66-70-74-87(92)100-79-84(105-88(93)75-71-67-63-59-55-51-45-36-32-28-24-20-16-12-8-4)81-103-107(95,96)101-77-83(90)78-102-108(97,98)104-82-85(106-89(94)76-72-68-64-60-56-52-48-43-39-35-31-27-23-19-15-11-7-3)80-99-86(91)73-69-65-61-57-53-49-46-42-38-34-30-26-22-18-14-10-6-2/h9-11,13-15,21-28,33-39,41,44-46,48-50,52,54,62,66,83-85,90H,5-8,12,16-20,29-32,40,42-43,47,51,53,55-61,63-65,67-82H2,1-4H3,(H,95,96)(H,97,98)/b13-9-,14-10-,15-11-,25-21-,26-22-,27-23-,28-24-,37-33-,38-34-,39-35-,44-41-,45-36-,49-46-,52-48-,54-50-,66-62-. The SMILES string of the molecule is CC/C=C\C/C=C\C/C=C\C/C=C\C/C=C\C/C=C\CCC(=O)OCC(COP(=O)(O)OCC(O)COP(=O)(O)OCC(COC(=O)CCCCCC/C=C\C/C=C\C/C=C\C/C=C\CC)OC(=O)CCCCCC/C=C\C/C=C\C/C=C\C/C=C\CC)OC(=O)CCCCCCC/C=C\C/C=C\CCCCC. The number of hydrogen-bond acceptors (Lipinski definition) is 15. The fourth-order valence-corrected chi connectivity index (χ4v) is 11.5. The van der Waals surface area contributed by atoms with Crippen LogP contribution in [0.5, 0.6) is 0 Å². The molecule has 0 aliphatic rings. The Morgan fingerprint density at radius 1 is 0.269 bits per heavy atom. The maximum atomic E-state index is 13.1. The molecule has 108 heavy (non-hydrogen) atoms. The van der Waals surface area contributed by atoms with Gasteiger partial charge in [-0.3, -0.25) is 37.3 Å². The number of carbonyl (C=O) groups is 4. The first kappa shape index (κ1) is 102. The summed E-state index contributed by atoms with van der Waals surface area (Å²) in [5, 5.41) is 10.7. The number of rotatable bonds is 74. The van der Waals surface area contributed by atoms with Gasteiger partial charge in [0, 0.05) is 25.7 Å². The van der Waals surface area contributed by atoms with Crippen LogP contribution >= 0.6 is 15.6 Å². The number of aliphatic hydroxyl groups excluding tert-OH is 1. The summed E-state index contributed by atoms with van der Waals surface area (Å²) in [5.41, 5.74) is 0. The molecule has 19 heteroatoms. The van der Waals surface area contributed by atoms with Crippen molar-refractivity contribution < 1.29 is 80.2 Å². The van der Waals surface area contributed by atoms with Gasteiger partial charge in [-0.2, -0.15) is 0 Å². The maximum Gasteiger partial charge on any atom is 0.472 e. The van der Waals surface area contributed by atoms with Crippen molar-refractivity contribution in [2.24, 2.45) is 0 Å². The third-order valence-electron chi connectivity index (χ3n) is 16.0. The summed E-state index contributed by atoms with van der Waals surface area (Å²) in [4.78, 5) is 73.1. The second kappa shape index (κ2) is 79.0. The molecule has 0 rings (SSSR count). The van der Waals surface area contributed by atoms with Crippen molar-refractivity contribution in [3.8, 4) is 0 Å². The summed E-state index contributed by atoms with van der Waals surface area (Å²) in [5.74, 6) is -2.36. The van der Waals surface area contributed by atoms with Gasteiger partial charge in [0.05, 0.1) is 26.4 Å². The van der Waals surface area contributed by atoms with Crippen LogP contribution in [0.15, 0.2) is 194 Å². The van der Waals surface area contributed by atoms with E-state index in [1.807, 2.05) is 18.2 Å². The summed E-state index contributed by atoms with van der Waals surface area (Å²) in [6.45, 7) is 4.33. The lowest BCUT2D eigenvalue weighted by Gasteiger charge is -2.21. The van der Waals surface area contributed by atoms with E-state index in [0.29, 0.717) is 32.1 Å². The molecule has 0 saturated carbocycles. The molecule has 0 amide bonds. The lowest BCUT2D eigenvalue weighted by atomic mass is 10.1. The monoisotopic (exact) mass is 1540 g/mol. The van der Waals surface area contributed by atoms with Crippen molar-refractivity contribution in [3.63, 3.8) is 0 Å². The number of hydrogen-bond donors (Lipinski definition) is 3. The molecule has 0 bridgehead atoms. The van der Waals surface area contributed by atoms with Gasteiger partial charge in [0.15, 0.2) is 12.2 Å². The summed E-state index contributed by atoms with van der Waals surface area (Å²) in [6, 6.07) is 0. The lowest BCUT2D eigenvalue weighted by molar-refractivity contribution is -0.161. The van der Waals surface area contributed by atoms with Gasteiger partial charge < -0.3 is 33.8 Å². The summed E-state index contributed by atoms with van der Waals surface area (Å²) in [7, 11) is -10.0. The van der Waals surface area contributed by atoms with Crippen LogP contribution in [0, 0.1) is 0 Å². The van der Waals surface area contributed by atoms with E-state index in [4.69, 9.17) is 37.0 Å². The molecule has 5 unspecified atom stereocenters. The van der Waals surface area contributed by atoms with Crippen LogP contribution in [-0.4, -0.2) is 96.7 Å². The van der Waals surface area contributed by atoms with E-state index in [1.165, 1.54) is 19.3 Å². The second-order valence-electron chi connectivity index (χ2n) is 26.2. The zero-order valence-electron chi connectivity index (χ0n) is 66.7. The number of phosphoric ester groups is 2. The van der Waals surface area contributed by atoms with Gasteiger partial charge in [-0.05, 0) is 173 Å². The molecule has 0 spiro atoms. The van der Waals surface area contributed by atoms with E-state index < -0.39 is 97.5 Å². The van der Waals surface area contributed by atoms with Gasteiger partial charge >= 0.3 is 39.5 Å². The highest BCUT2D eigenvalue weighted by molar-refractivity contribution is 7.47. The Labute approximate surface area is 653 Å². The van der Waals surface area contributed by atoms with E-state index in [9.17, 15) is 43.2 Å². The van der Waals surface area contributed by atoms with E-state index in [2.05, 4.69) is 204 Å². The number of carbonyl (C=O) groups excluding carboxylic acids is 4. The molecule has 0 fully saturated rings. The summed E-state index contributed by atoms with van der Waals surface area (Å²) in [6.07, 6.45) is 97.0. The molecule has 0 aromatic heterocycles. The maximum absolute atomic E-state index is 13.1. The molecular weight excluding hydrogens is 1400 g/mol. The summed E-state index contributed by atoms with van der Waals surface area (Å²) < 4.78 is 68.6. The first-order chi connectivity index (χ1) is 52.7. The van der Waals surface area contributed by atoms with E-state index >= 15 is 0 Å². The van der Waals surface area contributed by atoms with E-state index in [0.717, 1.165) is 180 Å². The van der Waals surface area contributed by atoms with Gasteiger partial charge in [0.2, 0.25) is 0 Å². The van der Waals surface area contributed by atoms with Crippen LogP contribution in [0.25, 0.3) is 0 Å². The van der Waals surface area contributed by atoms with Gasteiger partial charge in [-0.15, -0.1) is 0 Å². The number of phosphoric acid groups is 2. The van der Waals surface area contributed by atoms with Crippen LogP contribution < -0.4 is 0 Å². The highest BCUT2D eigenvalue weighted by Gasteiger charge is 2.30. The van der Waals surface area contributed by atoms with Gasteiger partial charge in [0.1, 0.15) is 19.3 Å². The molecule has 0 heterocycles. The molecule has 0 aromatic rings. The predicted octanol–water partition coefficient (Wildman–Crippen LogP) is 24.1. The molecule has 17 nitrogen and oxygen atoms in total. The van der Waals surface area contributed by atoms with Crippen molar-refractivity contribution in [1.29, 1.82) is 0 Å². The van der Waals surface area contributed by atoms with Crippen molar-refractivity contribution >= 4 is 39.5 Å². The minimum absolute atomic E-state index is 0.0252. The number of allylic oxidation sites excluding steroid dienone is 32. The Bertz CT molecular complexity index is 2810. The van der Waals surface area contributed by atoms with E-state index in [1.54, 1.807) is 0 Å². The highest BCUT2D eigenvalue weighted by atomic mass is 31.2. The number of aliphatic hydroxyl groups is 1. The molecule has 0 radical (unpaired) electrons. The lowest BCUT2D eigenvalue weighted by Crippen LogP contribution is -2.30. The topological polar surface area (TPSA) is 237 Å². The largest absolute Gasteiger partial charge is 0.472 e. The Hall–Kier alpha value is -6.10. The van der Waals surface area contributed by atoms with E-state index in [-0.39, 0.29) is 25.7 Å². The third kappa shape index (κ3) is 78.0. The van der Waals surface area contributed by atoms with Crippen molar-refractivity contribution in [1.82, 2.24) is 0 Å². The summed E-state index contributed by atoms with van der Waals surface area (Å²) >= 11 is 0. The van der Waals surface area contributed by atoms with Crippen LogP contribution in [0.1, 0.15) is 285 Å². The predicted molar refractivity (Wildman–Crippen MR) is 445 cm³/mol. The fraction of sp³-hybridized carbons (Fsp3) is 0.596. The highest BCUT2D eigenvalue weighted by Crippen LogP contribution is 2.45. The van der Waals surface area contributed by atoms with Gasteiger partial charge in [0.25, 0.3) is 0 Å². The fourth-order valence-electron chi connectivity index (χ4n) is 9.96. The molecule has 0 aromatic carbocycles. The molecular formula is C89H142O17P2. The molecule has 0 aliphatic carbocycles. The van der Waals surface area contributed by atoms with Crippen LogP contribution in [-0.2, 0) is 65.4 Å². The van der Waals surface area contributed by atoms with Crippen molar-refractivity contribution in [2.45, 2.75) is 303 Å². The third-order valence-corrected chi connectivity index (χ3v) is 17.9. The molecule has 3 N–H and O–H groups in total. The Morgan fingerprint density at radius 2 is 0.500 bits per heavy atom. The number of esters is 4. The minimum atomic E-state index is -5.01. The zero-order chi connectivity index (χ0) is 78.9. The first-order valence-corrected chi connectivity index (χ1v) is 43.7. The Kier molecular flexibility index (Phi) is 74.5. The normalized spacial score (nSPS) is 14.8. The van der Waals surface area contributed by atoms with Crippen molar-refractivity contribution in [2.75, 3.05) is 39.6 Å². The second-order valence-corrected chi connectivity index (χ2v) is 29.1. The smallest absolute Gasteiger partial charge is 0.462 e. The molecule has 0 aliphatic heterocycles. The first-order valence-electron chi connectivity index (χ1n) is 40.7. The average molecular weight is 1550 g/mol. The Balaban J connectivity index is 5.52. The quantitative estimate of drug-likeness (QED) is 0.0169. The van der Waals surface area contributed by atoms with Crippen LogP contribution in [0.4, 0.5) is 0 Å². The van der Waals surface area contributed by atoms with Crippen LogP contribution in [0.3, 0.4) is 0 Å². The van der Waals surface area contributed by atoms with Crippen molar-refractivity contribution in [3.05, 3.63) is 194 Å². The molecule has 5 atom stereocenters. The molecule has 0 saturated heterocycles. The average Bonchev–Trinajstić information content (AvgIpc) is 0.901. The zero-order valence-corrected chi connectivity index (χ0v) is 68.5. The minimum Gasteiger partial charge on any atom is -0.462 e. The molecule has 610 valence electrons. The Morgan fingerprint density at radius 3 is 0.796 bits per heavy atom.